The summed E-state index contributed by atoms with van der Waals surface area (Å²) < 4.78 is 21.8. The van der Waals surface area contributed by atoms with Crippen molar-refractivity contribution in [2.24, 2.45) is 0 Å². The second-order valence-corrected chi connectivity index (χ2v) is 12.4. The second kappa shape index (κ2) is 17.3. The molecule has 6 rings (SSSR count). The first-order chi connectivity index (χ1) is 26.5. The lowest BCUT2D eigenvalue weighted by molar-refractivity contribution is -0.138. The lowest BCUT2D eigenvalue weighted by Crippen LogP contribution is -2.29. The maximum absolute atomic E-state index is 12.3. The number of benzene rings is 4. The van der Waals surface area contributed by atoms with E-state index in [1.165, 1.54) is 72.8 Å². The number of hydrogen-bond donors (Lipinski definition) is 2. The van der Waals surface area contributed by atoms with E-state index in [1.807, 2.05) is 24.3 Å². The van der Waals surface area contributed by atoms with Crippen LogP contribution in [-0.2, 0) is 35.2 Å². The smallest absolute Gasteiger partial charge is 0.313 e. The minimum atomic E-state index is -1.13. The maximum atomic E-state index is 12.3. The second-order valence-electron chi connectivity index (χ2n) is 12.4. The number of nitrogens with zero attached hydrogens (tertiary/aromatic N) is 2. The van der Waals surface area contributed by atoms with Crippen LogP contribution in [0.25, 0.3) is 0 Å². The first kappa shape index (κ1) is 37.8. The lowest BCUT2D eigenvalue weighted by atomic mass is 10.0. The van der Waals surface area contributed by atoms with Crippen LogP contribution in [0, 0.1) is 0 Å². The van der Waals surface area contributed by atoms with Crippen LogP contribution in [0.3, 0.4) is 0 Å². The van der Waals surface area contributed by atoms with E-state index in [-0.39, 0.29) is 37.6 Å². The number of carbonyl (C=O) groups excluding carboxylic acids is 6. The van der Waals surface area contributed by atoms with Gasteiger partial charge in [-0.3, -0.25) is 28.8 Å². The molecular weight excluding hydrogens is 712 g/mol. The van der Waals surface area contributed by atoms with Crippen molar-refractivity contribution in [2.45, 2.75) is 31.5 Å². The Labute approximate surface area is 314 Å². The van der Waals surface area contributed by atoms with Gasteiger partial charge in [0.1, 0.15) is 36.2 Å². The third kappa shape index (κ3) is 10.2. The van der Waals surface area contributed by atoms with Crippen molar-refractivity contribution < 1.29 is 57.9 Å². The topological polar surface area (TPSA) is 186 Å². The summed E-state index contributed by atoms with van der Waals surface area (Å²) in [4.78, 5) is 73.9. The van der Waals surface area contributed by atoms with E-state index >= 15 is 0 Å². The number of hydrogen-bond acceptors (Lipinski definition) is 12. The SMILES string of the molecule is O=C(CC(O)COc1ccc(Cc2ccc(OCC(O)CC(=O)Oc3ccc(N4C(=O)C=CC4=O)cc3)cc2)cc1)Oc1ccc(N2C(=O)C=CC2=O)cc1. The van der Waals surface area contributed by atoms with E-state index in [2.05, 4.69) is 0 Å². The number of amides is 4. The molecule has 0 aromatic heterocycles. The Kier molecular flexibility index (Phi) is 11.9. The van der Waals surface area contributed by atoms with E-state index in [1.54, 1.807) is 24.3 Å². The average molecular weight is 747 g/mol. The van der Waals surface area contributed by atoms with Gasteiger partial charge in [0.25, 0.3) is 23.6 Å². The van der Waals surface area contributed by atoms with Gasteiger partial charge in [0.05, 0.1) is 36.4 Å². The summed E-state index contributed by atoms with van der Waals surface area (Å²) in [5.74, 6) is -1.80. The van der Waals surface area contributed by atoms with Crippen molar-refractivity contribution in [2.75, 3.05) is 23.0 Å². The highest BCUT2D eigenvalue weighted by atomic mass is 16.5. The number of aliphatic hydroxyl groups is 2. The highest BCUT2D eigenvalue weighted by Gasteiger charge is 2.26. The Bertz CT molecular complexity index is 1940. The van der Waals surface area contributed by atoms with Gasteiger partial charge >= 0.3 is 11.9 Å². The van der Waals surface area contributed by atoms with Gasteiger partial charge in [-0.25, -0.2) is 9.80 Å². The molecular formula is C41H34N2O12. The van der Waals surface area contributed by atoms with E-state index in [0.29, 0.717) is 29.3 Å². The van der Waals surface area contributed by atoms with Gasteiger partial charge in [0, 0.05) is 24.3 Å². The number of aliphatic hydroxyl groups excluding tert-OH is 2. The highest BCUT2D eigenvalue weighted by molar-refractivity contribution is 6.28. The van der Waals surface area contributed by atoms with Gasteiger partial charge in [-0.1, -0.05) is 24.3 Å². The minimum absolute atomic E-state index is 0.143. The quantitative estimate of drug-likeness (QED) is 0.0966. The molecule has 0 radical (unpaired) electrons. The normalized spacial score (nSPS) is 14.7. The van der Waals surface area contributed by atoms with Crippen molar-refractivity contribution >= 4 is 46.9 Å². The Morgan fingerprint density at radius 1 is 0.473 bits per heavy atom. The Morgan fingerprint density at radius 3 is 1.11 bits per heavy atom. The molecule has 2 N–H and O–H groups in total. The Morgan fingerprint density at radius 2 is 0.782 bits per heavy atom. The standard InChI is InChI=1S/C41H34N2O12/c44-30(22-40(50)54-34-13-5-28(6-14-34)42-36(46)17-18-37(42)47)24-52-32-9-1-26(2-10-32)21-27-3-11-33(12-4-27)53-25-31(45)23-41(51)55-35-15-7-29(8-16-35)43-38(48)19-20-39(43)49/h1-20,30-31,44-45H,21-25H2. The summed E-state index contributed by atoms with van der Waals surface area (Å²) >= 11 is 0. The average Bonchev–Trinajstić information content (AvgIpc) is 3.69. The van der Waals surface area contributed by atoms with E-state index in [0.717, 1.165) is 20.9 Å². The Balaban J connectivity index is 0.869. The molecule has 0 fully saturated rings. The third-order valence-corrected chi connectivity index (χ3v) is 8.22. The molecule has 2 unspecified atom stereocenters. The van der Waals surface area contributed by atoms with E-state index in [9.17, 15) is 39.0 Å². The molecule has 14 nitrogen and oxygen atoms in total. The van der Waals surface area contributed by atoms with Crippen molar-refractivity contribution in [3.05, 3.63) is 132 Å². The molecule has 2 atom stereocenters. The number of rotatable bonds is 16. The fraction of sp³-hybridized carbons (Fsp3) is 0.171. The predicted octanol–water partition coefficient (Wildman–Crippen LogP) is 3.61. The fourth-order valence-corrected chi connectivity index (χ4v) is 5.51. The van der Waals surface area contributed by atoms with Gasteiger partial charge in [-0.2, -0.15) is 0 Å². The molecule has 0 spiro atoms. The molecule has 2 heterocycles. The summed E-state index contributed by atoms with van der Waals surface area (Å²) in [6, 6.07) is 26.2. The molecule has 4 aromatic carbocycles. The molecule has 280 valence electrons. The molecule has 55 heavy (non-hydrogen) atoms. The summed E-state index contributed by atoms with van der Waals surface area (Å²) in [5.41, 5.74) is 2.67. The third-order valence-electron chi connectivity index (χ3n) is 8.22. The number of imide groups is 2. The molecule has 4 amide bonds. The summed E-state index contributed by atoms with van der Waals surface area (Å²) in [6.07, 6.45) is 2.41. The molecule has 4 aromatic rings. The zero-order valence-electron chi connectivity index (χ0n) is 29.1. The zero-order chi connectivity index (χ0) is 38.9. The van der Waals surface area contributed by atoms with E-state index < -0.39 is 47.8 Å². The molecule has 0 saturated heterocycles. The monoisotopic (exact) mass is 746 g/mol. The number of esters is 2. The van der Waals surface area contributed by atoms with Gasteiger partial charge in [-0.15, -0.1) is 0 Å². The van der Waals surface area contributed by atoms with Crippen LogP contribution in [0.4, 0.5) is 11.4 Å². The van der Waals surface area contributed by atoms with Crippen LogP contribution in [-0.4, -0.2) is 71.2 Å². The van der Waals surface area contributed by atoms with Crippen molar-refractivity contribution in [1.29, 1.82) is 0 Å². The van der Waals surface area contributed by atoms with Crippen LogP contribution in [0.5, 0.6) is 23.0 Å². The van der Waals surface area contributed by atoms with Crippen molar-refractivity contribution in [1.82, 2.24) is 0 Å². The van der Waals surface area contributed by atoms with E-state index in [4.69, 9.17) is 18.9 Å². The molecule has 2 aliphatic heterocycles. The van der Waals surface area contributed by atoms with Crippen LogP contribution in [0.15, 0.2) is 121 Å². The lowest BCUT2D eigenvalue weighted by Gasteiger charge is -2.15. The predicted molar refractivity (Wildman–Crippen MR) is 195 cm³/mol. The summed E-state index contributed by atoms with van der Waals surface area (Å²) in [6.45, 7) is -0.286. The van der Waals surface area contributed by atoms with Gasteiger partial charge < -0.3 is 29.2 Å². The molecule has 0 bridgehead atoms. The van der Waals surface area contributed by atoms with Crippen molar-refractivity contribution in [3.63, 3.8) is 0 Å². The van der Waals surface area contributed by atoms with Gasteiger partial charge in [-0.05, 0) is 90.3 Å². The minimum Gasteiger partial charge on any atom is -0.491 e. The number of carbonyl (C=O) groups is 6. The van der Waals surface area contributed by atoms with Crippen LogP contribution < -0.4 is 28.7 Å². The summed E-state index contributed by atoms with van der Waals surface area (Å²) in [5, 5.41) is 20.6. The molecule has 14 heteroatoms. The van der Waals surface area contributed by atoms with Gasteiger partial charge in [0.2, 0.25) is 0 Å². The number of ether oxygens (including phenoxy) is 4. The fourth-order valence-electron chi connectivity index (χ4n) is 5.51. The van der Waals surface area contributed by atoms with Crippen LogP contribution >= 0.6 is 0 Å². The largest absolute Gasteiger partial charge is 0.491 e. The first-order valence-corrected chi connectivity index (χ1v) is 17.0. The summed E-state index contributed by atoms with van der Waals surface area (Å²) in [7, 11) is 0. The first-order valence-electron chi connectivity index (χ1n) is 17.0. The zero-order valence-corrected chi connectivity index (χ0v) is 29.1. The van der Waals surface area contributed by atoms with Crippen molar-refractivity contribution in [3.8, 4) is 23.0 Å². The van der Waals surface area contributed by atoms with Gasteiger partial charge in [0.15, 0.2) is 0 Å². The highest BCUT2D eigenvalue weighted by Crippen LogP contribution is 2.25. The molecule has 2 aliphatic rings. The Hall–Kier alpha value is -6.90. The van der Waals surface area contributed by atoms with Crippen LogP contribution in [0.1, 0.15) is 24.0 Å². The van der Waals surface area contributed by atoms with Crippen LogP contribution in [0.2, 0.25) is 0 Å². The molecule has 0 saturated carbocycles. The molecule has 0 aliphatic carbocycles. The maximum Gasteiger partial charge on any atom is 0.313 e. The number of anilines is 2.